The van der Waals surface area contributed by atoms with Crippen LogP contribution in [0.5, 0.6) is 0 Å². The second kappa shape index (κ2) is 8.19. The summed E-state index contributed by atoms with van der Waals surface area (Å²) in [6.07, 6.45) is 9.78. The van der Waals surface area contributed by atoms with E-state index in [1.165, 1.54) is 60.4 Å². The summed E-state index contributed by atoms with van der Waals surface area (Å²) in [6, 6.07) is 26.3. The van der Waals surface area contributed by atoms with Crippen LogP contribution in [0, 0.1) is 5.41 Å². The molecule has 5 aromatic carbocycles. The first-order valence-corrected chi connectivity index (χ1v) is 12.0. The molecule has 1 aliphatic carbocycles. The summed E-state index contributed by atoms with van der Waals surface area (Å²) in [7, 11) is 0. The first-order chi connectivity index (χ1) is 16.7. The van der Waals surface area contributed by atoms with E-state index >= 15 is 0 Å². The Balaban J connectivity index is 1.94. The van der Waals surface area contributed by atoms with Crippen LogP contribution in [0.15, 0.2) is 102 Å². The monoisotopic (exact) mass is 456 g/mol. The summed E-state index contributed by atoms with van der Waals surface area (Å²) in [4.78, 5) is 0. The molecule has 0 fully saturated rings. The number of allylic oxidation sites excluding steroid dienone is 4. The zero-order valence-corrected chi connectivity index (χ0v) is 19.7. The van der Waals surface area contributed by atoms with Crippen LogP contribution < -0.4 is 4.72 Å². The minimum absolute atomic E-state index is 0.222. The maximum atomic E-state index is 8.00. The van der Waals surface area contributed by atoms with Gasteiger partial charge in [-0.2, -0.15) is 0 Å². The molecule has 1 atom stereocenters. The van der Waals surface area contributed by atoms with Crippen LogP contribution in [0.1, 0.15) is 24.0 Å². The number of benzene rings is 5. The Morgan fingerprint density at radius 1 is 0.794 bits per heavy atom. The molecule has 0 heterocycles. The minimum Gasteiger partial charge on any atom is -0.338 e. The van der Waals surface area contributed by atoms with Gasteiger partial charge in [-0.25, -0.2) is 0 Å². The van der Waals surface area contributed by atoms with E-state index in [1.54, 1.807) is 6.20 Å². The Labute approximate surface area is 204 Å². The Hall–Kier alpha value is -3.82. The predicted molar refractivity (Wildman–Crippen MR) is 151 cm³/mol. The topological polar surface area (TPSA) is 35.9 Å². The van der Waals surface area contributed by atoms with Gasteiger partial charge in [-0.3, -0.25) is 0 Å². The van der Waals surface area contributed by atoms with Crippen LogP contribution in [-0.2, 0) is 0 Å². The van der Waals surface area contributed by atoms with Gasteiger partial charge in [0, 0.05) is 23.9 Å². The zero-order chi connectivity index (χ0) is 23.2. The van der Waals surface area contributed by atoms with Crippen LogP contribution >= 0.6 is 12.8 Å². The lowest BCUT2D eigenvalue weighted by Crippen LogP contribution is -1.98. The summed E-state index contributed by atoms with van der Waals surface area (Å²) < 4.78 is 2.80. The first kappa shape index (κ1) is 20.8. The molecular formula is C31H24N2S. The van der Waals surface area contributed by atoms with Crippen molar-refractivity contribution >= 4 is 68.2 Å². The second-order valence-electron chi connectivity index (χ2n) is 8.83. The van der Waals surface area contributed by atoms with E-state index in [2.05, 4.69) is 115 Å². The highest BCUT2D eigenvalue weighted by Crippen LogP contribution is 2.46. The molecule has 5 aromatic rings. The number of hydrogen-bond donors (Lipinski definition) is 3. The van der Waals surface area contributed by atoms with Crippen LogP contribution in [0.25, 0.3) is 49.2 Å². The lowest BCUT2D eigenvalue weighted by atomic mass is 9.82. The molecule has 0 unspecified atom stereocenters. The number of hydrogen-bond acceptors (Lipinski definition) is 3. The third-order valence-corrected chi connectivity index (χ3v) is 7.14. The summed E-state index contributed by atoms with van der Waals surface area (Å²) in [5.74, 6) is 0.222. The van der Waals surface area contributed by atoms with E-state index in [1.807, 2.05) is 0 Å². The van der Waals surface area contributed by atoms with Crippen molar-refractivity contribution in [3.8, 4) is 0 Å². The molecule has 0 saturated heterocycles. The summed E-state index contributed by atoms with van der Waals surface area (Å²) in [5.41, 5.74) is 4.35. The van der Waals surface area contributed by atoms with Crippen molar-refractivity contribution in [3.63, 3.8) is 0 Å². The molecule has 0 radical (unpaired) electrons. The van der Waals surface area contributed by atoms with Gasteiger partial charge < -0.3 is 10.1 Å². The molecule has 1 aliphatic rings. The Bertz CT molecular complexity index is 1720. The summed E-state index contributed by atoms with van der Waals surface area (Å²) >= 11 is 4.15. The minimum atomic E-state index is 0.222. The maximum Gasteiger partial charge on any atom is 0.0271 e. The lowest BCUT2D eigenvalue weighted by Gasteiger charge is -2.21. The van der Waals surface area contributed by atoms with Gasteiger partial charge in [0.1, 0.15) is 0 Å². The Morgan fingerprint density at radius 3 is 1.91 bits per heavy atom. The molecule has 0 spiro atoms. The molecule has 2 nitrogen and oxygen atoms in total. The van der Waals surface area contributed by atoms with Crippen LogP contribution in [-0.4, -0.2) is 6.21 Å². The third kappa shape index (κ3) is 3.01. The largest absolute Gasteiger partial charge is 0.338 e. The van der Waals surface area contributed by atoms with E-state index in [9.17, 15) is 0 Å². The quantitative estimate of drug-likeness (QED) is 0.142. The van der Waals surface area contributed by atoms with Crippen molar-refractivity contribution in [1.29, 1.82) is 5.41 Å². The molecule has 0 bridgehead atoms. The van der Waals surface area contributed by atoms with Gasteiger partial charge in [0.2, 0.25) is 0 Å². The van der Waals surface area contributed by atoms with E-state index in [0.717, 1.165) is 11.1 Å². The average molecular weight is 457 g/mol. The van der Waals surface area contributed by atoms with E-state index < -0.39 is 0 Å². The lowest BCUT2D eigenvalue weighted by molar-refractivity contribution is 0.981. The Morgan fingerprint density at radius 2 is 1.32 bits per heavy atom. The van der Waals surface area contributed by atoms with E-state index in [-0.39, 0.29) is 5.92 Å². The fourth-order valence-corrected chi connectivity index (χ4v) is 5.70. The van der Waals surface area contributed by atoms with Gasteiger partial charge in [-0.05, 0) is 65.9 Å². The standard InChI is InChI=1S/C31H24N2S/c1-19-14-15-20(21(17-32)18-33-34)16-28-29(19)26-12-6-7-13-27(26)30-24-10-4-2-8-22(24)23-9-3-5-11-25(23)31(28)30/h2-19,32-34H,1H3/b21-18+,32-17?/t19-/m1/s1. The van der Waals surface area contributed by atoms with Crippen molar-refractivity contribution in [2.24, 2.45) is 0 Å². The zero-order valence-electron chi connectivity index (χ0n) is 18.8. The fraction of sp³-hybridized carbons (Fsp3) is 0.0645. The highest BCUT2D eigenvalue weighted by Gasteiger charge is 2.22. The molecule has 34 heavy (non-hydrogen) atoms. The molecule has 0 amide bonds. The first-order valence-electron chi connectivity index (χ1n) is 11.5. The second-order valence-corrected chi connectivity index (χ2v) is 9.09. The number of nitrogens with one attached hydrogen (secondary N) is 2. The van der Waals surface area contributed by atoms with Crippen molar-refractivity contribution < 1.29 is 0 Å². The molecule has 3 heteroatoms. The van der Waals surface area contributed by atoms with Crippen molar-refractivity contribution in [3.05, 3.63) is 113 Å². The van der Waals surface area contributed by atoms with Gasteiger partial charge in [0.15, 0.2) is 0 Å². The molecule has 164 valence electrons. The average Bonchev–Trinajstić information content (AvgIpc) is 3.06. The van der Waals surface area contributed by atoms with Crippen LogP contribution in [0.3, 0.4) is 0 Å². The highest BCUT2D eigenvalue weighted by atomic mass is 32.1. The van der Waals surface area contributed by atoms with Crippen molar-refractivity contribution in [2.75, 3.05) is 0 Å². The van der Waals surface area contributed by atoms with Crippen LogP contribution in [0.4, 0.5) is 0 Å². The SMILES string of the molecule is C[C@@H]1C=CC(/C(C=N)=C/NS)=Cc2c1c1ccccc1c1c3ccccc3c3ccccc3c21. The van der Waals surface area contributed by atoms with Crippen LogP contribution in [0.2, 0.25) is 0 Å². The Kier molecular flexibility index (Phi) is 5.00. The molecule has 0 aromatic heterocycles. The highest BCUT2D eigenvalue weighted by molar-refractivity contribution is 7.78. The number of fused-ring (bicyclic) bond motifs is 11. The molecular weight excluding hydrogens is 432 g/mol. The van der Waals surface area contributed by atoms with Crippen molar-refractivity contribution in [1.82, 2.24) is 4.72 Å². The number of thiol groups is 1. The van der Waals surface area contributed by atoms with E-state index in [4.69, 9.17) is 5.41 Å². The number of rotatable bonds is 3. The predicted octanol–water partition coefficient (Wildman–Crippen LogP) is 8.32. The van der Waals surface area contributed by atoms with Gasteiger partial charge in [0.25, 0.3) is 0 Å². The van der Waals surface area contributed by atoms with Gasteiger partial charge in [0.05, 0.1) is 0 Å². The third-order valence-electron chi connectivity index (χ3n) is 7.01. The summed E-state index contributed by atoms with van der Waals surface area (Å²) in [6.45, 7) is 2.26. The summed E-state index contributed by atoms with van der Waals surface area (Å²) in [5, 5.41) is 18.2. The molecule has 0 saturated carbocycles. The van der Waals surface area contributed by atoms with Gasteiger partial charge in [-0.15, -0.1) is 0 Å². The normalized spacial score (nSPS) is 16.0. The fourth-order valence-electron chi connectivity index (χ4n) is 5.56. The molecule has 0 aliphatic heterocycles. The van der Waals surface area contributed by atoms with Crippen molar-refractivity contribution in [2.45, 2.75) is 12.8 Å². The smallest absolute Gasteiger partial charge is 0.0271 e. The molecule has 6 rings (SSSR count). The molecule has 2 N–H and O–H groups in total. The van der Waals surface area contributed by atoms with E-state index in [0.29, 0.717) is 0 Å². The maximum absolute atomic E-state index is 8.00. The van der Waals surface area contributed by atoms with Gasteiger partial charge >= 0.3 is 0 Å². The van der Waals surface area contributed by atoms with Gasteiger partial charge in [-0.1, -0.05) is 105 Å².